The number of ether oxygens (including phenoxy) is 1. The lowest BCUT2D eigenvalue weighted by Gasteiger charge is -2.11. The largest absolute Gasteiger partial charge is 0.481 e. The molecular weight excluding hydrogens is 192 g/mol. The van der Waals surface area contributed by atoms with E-state index in [0.29, 0.717) is 18.5 Å². The minimum Gasteiger partial charge on any atom is -0.481 e. The van der Waals surface area contributed by atoms with Crippen molar-refractivity contribution in [2.75, 3.05) is 13.7 Å². The first-order valence-electron chi connectivity index (χ1n) is 5.10. The molecule has 0 saturated carbocycles. The van der Waals surface area contributed by atoms with Crippen molar-refractivity contribution >= 4 is 0 Å². The molecule has 2 N–H and O–H groups in total. The van der Waals surface area contributed by atoms with Crippen LogP contribution in [0.5, 0.6) is 5.88 Å². The van der Waals surface area contributed by atoms with E-state index in [1.165, 1.54) is 0 Å². The van der Waals surface area contributed by atoms with Gasteiger partial charge in [-0.05, 0) is 19.4 Å². The smallest absolute Gasteiger partial charge is 0.213 e. The molecule has 0 aliphatic carbocycles. The number of rotatable bonds is 6. The summed E-state index contributed by atoms with van der Waals surface area (Å²) in [5.41, 5.74) is 0.944. The number of hydrogen-bond donors (Lipinski definition) is 2. The number of aliphatic hydroxyl groups excluding tert-OH is 1. The molecule has 0 aliphatic rings. The number of pyridine rings is 1. The van der Waals surface area contributed by atoms with E-state index in [0.717, 1.165) is 12.1 Å². The minimum absolute atomic E-state index is 0.208. The van der Waals surface area contributed by atoms with E-state index in [4.69, 9.17) is 9.84 Å². The molecule has 1 aromatic heterocycles. The number of aliphatic hydroxyl groups is 1. The van der Waals surface area contributed by atoms with Crippen LogP contribution in [0.1, 0.15) is 19.0 Å². The van der Waals surface area contributed by atoms with Gasteiger partial charge in [-0.1, -0.05) is 6.07 Å². The summed E-state index contributed by atoms with van der Waals surface area (Å²) in [6.45, 7) is 2.94. The predicted octanol–water partition coefficient (Wildman–Crippen LogP) is 0.951. The average Bonchev–Trinajstić information content (AvgIpc) is 2.27. The van der Waals surface area contributed by atoms with Gasteiger partial charge in [0.25, 0.3) is 0 Å². The molecular formula is C11H18N2O2. The molecule has 1 heterocycles. The Kier molecular flexibility index (Phi) is 5.07. The maximum atomic E-state index is 8.74. The van der Waals surface area contributed by atoms with Crippen LogP contribution in [-0.2, 0) is 6.54 Å². The van der Waals surface area contributed by atoms with E-state index in [-0.39, 0.29) is 6.61 Å². The Morgan fingerprint density at radius 1 is 1.53 bits per heavy atom. The second kappa shape index (κ2) is 6.37. The molecule has 0 radical (unpaired) electrons. The Balaban J connectivity index is 2.43. The third-order valence-corrected chi connectivity index (χ3v) is 2.18. The van der Waals surface area contributed by atoms with Gasteiger partial charge >= 0.3 is 0 Å². The van der Waals surface area contributed by atoms with E-state index < -0.39 is 0 Å². The monoisotopic (exact) mass is 210 g/mol. The molecule has 1 rings (SSSR count). The molecule has 15 heavy (non-hydrogen) atoms. The first-order chi connectivity index (χ1) is 7.26. The lowest BCUT2D eigenvalue weighted by atomic mass is 10.2. The molecule has 84 valence electrons. The van der Waals surface area contributed by atoms with Crippen LogP contribution in [0.2, 0.25) is 0 Å². The maximum absolute atomic E-state index is 8.74. The maximum Gasteiger partial charge on any atom is 0.213 e. The van der Waals surface area contributed by atoms with Crippen LogP contribution in [0.25, 0.3) is 0 Å². The molecule has 0 spiro atoms. The lowest BCUT2D eigenvalue weighted by Crippen LogP contribution is -2.26. The van der Waals surface area contributed by atoms with Crippen molar-refractivity contribution in [3.63, 3.8) is 0 Å². The molecule has 4 nitrogen and oxygen atoms in total. The molecule has 0 aromatic carbocycles. The zero-order chi connectivity index (χ0) is 11.1. The van der Waals surface area contributed by atoms with Crippen LogP contribution >= 0.6 is 0 Å². The zero-order valence-corrected chi connectivity index (χ0v) is 9.23. The summed E-state index contributed by atoms with van der Waals surface area (Å²) < 4.78 is 5.03. The van der Waals surface area contributed by atoms with Crippen molar-refractivity contribution < 1.29 is 9.84 Å². The lowest BCUT2D eigenvalue weighted by molar-refractivity contribution is 0.268. The standard InChI is InChI=1S/C11H18N2O2/c1-9(6-7-14)12-8-10-4-3-5-11(13-10)15-2/h3-5,9,12,14H,6-8H2,1-2H3. The summed E-state index contributed by atoms with van der Waals surface area (Å²) in [5, 5.41) is 12.0. The summed E-state index contributed by atoms with van der Waals surface area (Å²) in [6.07, 6.45) is 0.754. The van der Waals surface area contributed by atoms with E-state index in [9.17, 15) is 0 Å². The van der Waals surface area contributed by atoms with Gasteiger partial charge in [0.2, 0.25) is 5.88 Å². The Hall–Kier alpha value is -1.13. The minimum atomic E-state index is 0.208. The van der Waals surface area contributed by atoms with Crippen molar-refractivity contribution in [2.24, 2.45) is 0 Å². The molecule has 4 heteroatoms. The topological polar surface area (TPSA) is 54.4 Å². The van der Waals surface area contributed by atoms with E-state index in [1.54, 1.807) is 7.11 Å². The van der Waals surface area contributed by atoms with Crippen molar-refractivity contribution in [3.05, 3.63) is 23.9 Å². The number of aromatic nitrogens is 1. The van der Waals surface area contributed by atoms with Crippen LogP contribution in [0.4, 0.5) is 0 Å². The molecule has 0 saturated heterocycles. The Morgan fingerprint density at radius 2 is 2.33 bits per heavy atom. The Labute approximate surface area is 90.3 Å². The van der Waals surface area contributed by atoms with Gasteiger partial charge in [0.15, 0.2) is 0 Å². The van der Waals surface area contributed by atoms with E-state index in [2.05, 4.69) is 10.3 Å². The Morgan fingerprint density at radius 3 is 3.00 bits per heavy atom. The van der Waals surface area contributed by atoms with Crippen LogP contribution in [0.15, 0.2) is 18.2 Å². The van der Waals surface area contributed by atoms with E-state index in [1.807, 2.05) is 25.1 Å². The van der Waals surface area contributed by atoms with Crippen LogP contribution < -0.4 is 10.1 Å². The number of methoxy groups -OCH3 is 1. The van der Waals surface area contributed by atoms with Crippen LogP contribution in [0, 0.1) is 0 Å². The van der Waals surface area contributed by atoms with Gasteiger partial charge in [-0.15, -0.1) is 0 Å². The number of nitrogens with one attached hydrogen (secondary N) is 1. The van der Waals surface area contributed by atoms with Crippen molar-refractivity contribution in [1.82, 2.24) is 10.3 Å². The van der Waals surface area contributed by atoms with Gasteiger partial charge in [-0.3, -0.25) is 0 Å². The fourth-order valence-corrected chi connectivity index (χ4v) is 1.24. The van der Waals surface area contributed by atoms with E-state index >= 15 is 0 Å². The zero-order valence-electron chi connectivity index (χ0n) is 9.23. The molecule has 0 fully saturated rings. The second-order valence-corrected chi connectivity index (χ2v) is 3.47. The first kappa shape index (κ1) is 11.9. The van der Waals surface area contributed by atoms with Gasteiger partial charge in [-0.2, -0.15) is 0 Å². The SMILES string of the molecule is COc1cccc(CNC(C)CCO)n1. The van der Waals surface area contributed by atoms with Crippen molar-refractivity contribution in [3.8, 4) is 5.88 Å². The van der Waals surface area contributed by atoms with Gasteiger partial charge in [-0.25, -0.2) is 4.98 Å². The molecule has 0 amide bonds. The van der Waals surface area contributed by atoms with Crippen LogP contribution in [-0.4, -0.2) is 29.8 Å². The summed E-state index contributed by atoms with van der Waals surface area (Å²) in [7, 11) is 1.61. The summed E-state index contributed by atoms with van der Waals surface area (Å²) in [6, 6.07) is 5.98. The Bertz CT molecular complexity index is 292. The third-order valence-electron chi connectivity index (χ3n) is 2.18. The molecule has 1 aromatic rings. The molecule has 0 aliphatic heterocycles. The summed E-state index contributed by atoms with van der Waals surface area (Å²) >= 11 is 0. The molecule has 1 unspecified atom stereocenters. The van der Waals surface area contributed by atoms with Crippen molar-refractivity contribution in [2.45, 2.75) is 25.9 Å². The number of hydrogen-bond acceptors (Lipinski definition) is 4. The number of nitrogens with zero attached hydrogens (tertiary/aromatic N) is 1. The molecule has 1 atom stereocenters. The highest BCUT2D eigenvalue weighted by Gasteiger charge is 2.01. The first-order valence-corrected chi connectivity index (χ1v) is 5.10. The highest BCUT2D eigenvalue weighted by Crippen LogP contribution is 2.06. The second-order valence-electron chi connectivity index (χ2n) is 3.47. The van der Waals surface area contributed by atoms with Gasteiger partial charge in [0, 0.05) is 25.3 Å². The van der Waals surface area contributed by atoms with Crippen molar-refractivity contribution in [1.29, 1.82) is 0 Å². The average molecular weight is 210 g/mol. The third kappa shape index (κ3) is 4.27. The summed E-state index contributed by atoms with van der Waals surface area (Å²) in [4.78, 5) is 4.28. The highest BCUT2D eigenvalue weighted by atomic mass is 16.5. The van der Waals surface area contributed by atoms with Crippen LogP contribution in [0.3, 0.4) is 0 Å². The fraction of sp³-hybridized carbons (Fsp3) is 0.545. The highest BCUT2D eigenvalue weighted by molar-refractivity contribution is 5.15. The molecule has 0 bridgehead atoms. The van der Waals surface area contributed by atoms with Gasteiger partial charge < -0.3 is 15.2 Å². The fourth-order valence-electron chi connectivity index (χ4n) is 1.24. The van der Waals surface area contributed by atoms with Gasteiger partial charge in [0.1, 0.15) is 0 Å². The predicted molar refractivity (Wildman–Crippen MR) is 58.8 cm³/mol. The quantitative estimate of drug-likeness (QED) is 0.734. The van der Waals surface area contributed by atoms with Gasteiger partial charge in [0.05, 0.1) is 12.8 Å². The summed E-state index contributed by atoms with van der Waals surface area (Å²) in [5.74, 6) is 0.629. The normalized spacial score (nSPS) is 12.5.